The van der Waals surface area contributed by atoms with Crippen LogP contribution in [-0.4, -0.2) is 25.7 Å². The average molecular weight is 258 g/mol. The van der Waals surface area contributed by atoms with Gasteiger partial charge in [-0.15, -0.1) is 0 Å². The molecule has 0 aliphatic heterocycles. The van der Waals surface area contributed by atoms with Crippen molar-refractivity contribution in [3.05, 3.63) is 35.9 Å². The highest BCUT2D eigenvalue weighted by Gasteiger charge is 2.10. The lowest BCUT2D eigenvalue weighted by Gasteiger charge is -2.06. The Hall–Kier alpha value is -1.47. The molecule has 86 valence electrons. The predicted molar refractivity (Wildman–Crippen MR) is 64.7 cm³/mol. The number of thiocarbonyl (C=S) groups is 1. The van der Waals surface area contributed by atoms with Crippen molar-refractivity contribution in [1.82, 2.24) is 10.0 Å². The van der Waals surface area contributed by atoms with Crippen LogP contribution in [0.3, 0.4) is 0 Å². The quantitative estimate of drug-likeness (QED) is 0.763. The Balaban J connectivity index is 2.63. The molecule has 0 saturated heterocycles. The van der Waals surface area contributed by atoms with Crippen molar-refractivity contribution in [3.8, 4) is 0 Å². The first-order valence-electron chi connectivity index (χ1n) is 4.26. The van der Waals surface area contributed by atoms with Crippen LogP contribution < -0.4 is 10.0 Å². The smallest absolute Gasteiger partial charge is 0.297 e. The van der Waals surface area contributed by atoms with E-state index < -0.39 is 16.1 Å². The molecule has 0 aliphatic rings. The zero-order valence-electron chi connectivity index (χ0n) is 8.43. The molecule has 0 radical (unpaired) electrons. The second-order valence-electron chi connectivity index (χ2n) is 3.02. The Bertz CT molecular complexity index is 497. The van der Waals surface area contributed by atoms with Gasteiger partial charge in [-0.2, -0.15) is 0 Å². The van der Waals surface area contributed by atoms with Crippen molar-refractivity contribution in [2.45, 2.75) is 0 Å². The van der Waals surface area contributed by atoms with Gasteiger partial charge in [0, 0.05) is 5.56 Å². The average Bonchev–Trinajstić information content (AvgIpc) is 2.16. The van der Waals surface area contributed by atoms with Crippen molar-refractivity contribution in [2.24, 2.45) is 0 Å². The molecule has 0 aromatic heterocycles. The molecule has 1 aromatic rings. The Labute approximate surface area is 98.9 Å². The summed E-state index contributed by atoms with van der Waals surface area (Å²) in [5.74, 6) is 0. The van der Waals surface area contributed by atoms with Gasteiger partial charge in [-0.1, -0.05) is 42.5 Å². The molecule has 2 amide bonds. The fraction of sp³-hybridized carbons (Fsp3) is 0.111. The Morgan fingerprint density at radius 1 is 1.25 bits per heavy atom. The minimum Gasteiger partial charge on any atom is -0.297 e. The molecule has 0 spiro atoms. The Morgan fingerprint density at radius 3 is 2.31 bits per heavy atom. The standard InChI is InChI=1S/C9H10N2O3S2/c1-16(13,14)11-9(12)10-8(15)7-5-3-2-4-6-7/h2-6H,1H3,(H2,10,11,12,15). The molecule has 1 aromatic carbocycles. The number of carbonyl (C=O) groups is 1. The zero-order chi connectivity index (χ0) is 12.2. The molecular weight excluding hydrogens is 248 g/mol. The summed E-state index contributed by atoms with van der Waals surface area (Å²) in [5.41, 5.74) is 0.640. The maximum atomic E-state index is 11.2. The van der Waals surface area contributed by atoms with Gasteiger partial charge in [0.1, 0.15) is 4.99 Å². The van der Waals surface area contributed by atoms with Crippen LogP contribution in [0.4, 0.5) is 4.79 Å². The van der Waals surface area contributed by atoms with Crippen LogP contribution in [0.1, 0.15) is 5.56 Å². The largest absolute Gasteiger partial charge is 0.333 e. The summed E-state index contributed by atoms with van der Waals surface area (Å²) >= 11 is 4.92. The molecule has 0 bridgehead atoms. The van der Waals surface area contributed by atoms with Crippen molar-refractivity contribution in [3.63, 3.8) is 0 Å². The molecule has 0 atom stereocenters. The summed E-state index contributed by atoms with van der Waals surface area (Å²) < 4.78 is 23.2. The summed E-state index contributed by atoms with van der Waals surface area (Å²) in [6.45, 7) is 0. The Kier molecular flexibility index (Phi) is 3.97. The first-order valence-corrected chi connectivity index (χ1v) is 6.56. The molecule has 0 fully saturated rings. The van der Waals surface area contributed by atoms with Gasteiger partial charge >= 0.3 is 6.03 Å². The van der Waals surface area contributed by atoms with Crippen LogP contribution in [0.2, 0.25) is 0 Å². The van der Waals surface area contributed by atoms with Gasteiger partial charge in [-0.3, -0.25) is 5.32 Å². The number of hydrogen-bond donors (Lipinski definition) is 2. The van der Waals surface area contributed by atoms with Gasteiger partial charge < -0.3 is 0 Å². The van der Waals surface area contributed by atoms with E-state index in [2.05, 4.69) is 5.32 Å². The van der Waals surface area contributed by atoms with Crippen molar-refractivity contribution >= 4 is 33.3 Å². The topological polar surface area (TPSA) is 75.3 Å². The second-order valence-corrected chi connectivity index (χ2v) is 5.18. The highest BCUT2D eigenvalue weighted by Crippen LogP contribution is 1.98. The van der Waals surface area contributed by atoms with Crippen LogP contribution >= 0.6 is 12.2 Å². The fourth-order valence-corrected chi connectivity index (χ4v) is 1.58. The van der Waals surface area contributed by atoms with Gasteiger partial charge in [0.05, 0.1) is 6.26 Å². The number of nitrogens with one attached hydrogen (secondary N) is 2. The monoisotopic (exact) mass is 258 g/mol. The van der Waals surface area contributed by atoms with Crippen LogP contribution in [0, 0.1) is 0 Å². The van der Waals surface area contributed by atoms with E-state index in [0.717, 1.165) is 6.26 Å². The maximum absolute atomic E-state index is 11.2. The molecule has 0 unspecified atom stereocenters. The van der Waals surface area contributed by atoms with Crippen LogP contribution in [-0.2, 0) is 10.0 Å². The van der Waals surface area contributed by atoms with E-state index >= 15 is 0 Å². The molecule has 1 rings (SSSR count). The summed E-state index contributed by atoms with van der Waals surface area (Å²) in [6.07, 6.45) is 0.887. The summed E-state index contributed by atoms with van der Waals surface area (Å²) in [7, 11) is -3.57. The van der Waals surface area contributed by atoms with E-state index in [1.807, 2.05) is 6.07 Å². The molecule has 16 heavy (non-hydrogen) atoms. The van der Waals surface area contributed by atoms with E-state index in [1.165, 1.54) is 0 Å². The van der Waals surface area contributed by atoms with Gasteiger partial charge in [0.25, 0.3) is 0 Å². The normalized spacial score (nSPS) is 10.6. The van der Waals surface area contributed by atoms with E-state index in [1.54, 1.807) is 29.0 Å². The van der Waals surface area contributed by atoms with E-state index in [-0.39, 0.29) is 4.99 Å². The lowest BCUT2D eigenvalue weighted by molar-refractivity contribution is 0.250. The number of sulfonamides is 1. The number of rotatable bonds is 2. The van der Waals surface area contributed by atoms with Gasteiger partial charge in [0.15, 0.2) is 0 Å². The van der Waals surface area contributed by atoms with Crippen LogP contribution in [0.25, 0.3) is 0 Å². The first kappa shape index (κ1) is 12.6. The zero-order valence-corrected chi connectivity index (χ0v) is 10.1. The molecule has 5 nitrogen and oxygen atoms in total. The number of hydrogen-bond acceptors (Lipinski definition) is 4. The highest BCUT2D eigenvalue weighted by atomic mass is 32.2. The molecular formula is C9H10N2O3S2. The predicted octanol–water partition coefficient (Wildman–Crippen LogP) is 0.621. The van der Waals surface area contributed by atoms with Crippen molar-refractivity contribution in [2.75, 3.05) is 6.26 Å². The molecule has 7 heteroatoms. The lowest BCUT2D eigenvalue weighted by Crippen LogP contribution is -2.41. The summed E-state index contributed by atoms with van der Waals surface area (Å²) in [4.78, 5) is 11.3. The van der Waals surface area contributed by atoms with Crippen molar-refractivity contribution < 1.29 is 13.2 Å². The minimum absolute atomic E-state index is 0.168. The van der Waals surface area contributed by atoms with Crippen molar-refractivity contribution in [1.29, 1.82) is 0 Å². The third kappa shape index (κ3) is 4.37. The van der Waals surface area contributed by atoms with E-state index in [9.17, 15) is 13.2 Å². The Morgan fingerprint density at radius 2 is 1.81 bits per heavy atom. The highest BCUT2D eigenvalue weighted by molar-refractivity contribution is 7.89. The third-order valence-corrected chi connectivity index (χ3v) is 2.44. The van der Waals surface area contributed by atoms with Crippen LogP contribution in [0.5, 0.6) is 0 Å². The number of amides is 2. The van der Waals surface area contributed by atoms with Gasteiger partial charge in [0.2, 0.25) is 10.0 Å². The lowest BCUT2D eigenvalue weighted by atomic mass is 10.2. The molecule has 0 heterocycles. The van der Waals surface area contributed by atoms with Crippen LogP contribution in [0.15, 0.2) is 30.3 Å². The van der Waals surface area contributed by atoms with Gasteiger partial charge in [-0.25, -0.2) is 17.9 Å². The number of benzene rings is 1. The molecule has 0 saturated carbocycles. The summed E-state index contributed by atoms with van der Waals surface area (Å²) in [5, 5.41) is 2.25. The molecule has 0 aliphatic carbocycles. The fourth-order valence-electron chi connectivity index (χ4n) is 0.959. The second kappa shape index (κ2) is 5.04. The SMILES string of the molecule is CS(=O)(=O)NC(=O)NC(=S)c1ccccc1. The maximum Gasteiger partial charge on any atom is 0.333 e. The first-order chi connectivity index (χ1) is 7.38. The minimum atomic E-state index is -3.57. The van der Waals surface area contributed by atoms with E-state index in [0.29, 0.717) is 5.56 Å². The number of carbonyl (C=O) groups excluding carboxylic acids is 1. The van der Waals surface area contributed by atoms with E-state index in [4.69, 9.17) is 12.2 Å². The molecule has 2 N–H and O–H groups in total. The summed E-state index contributed by atoms with van der Waals surface area (Å²) in [6, 6.07) is 7.89. The third-order valence-electron chi connectivity index (χ3n) is 1.54. The number of urea groups is 1. The van der Waals surface area contributed by atoms with Gasteiger partial charge in [-0.05, 0) is 0 Å².